The van der Waals surface area contributed by atoms with Crippen molar-refractivity contribution in [3.05, 3.63) is 23.8 Å². The zero-order valence-electron chi connectivity index (χ0n) is 12.7. The van der Waals surface area contributed by atoms with Crippen LogP contribution in [0, 0.1) is 0 Å². The molecule has 0 spiro atoms. The minimum atomic E-state index is -0.0767. The van der Waals surface area contributed by atoms with Crippen LogP contribution < -0.4 is 20.9 Å². The van der Waals surface area contributed by atoms with Gasteiger partial charge in [-0.1, -0.05) is 19.8 Å². The first-order chi connectivity index (χ1) is 10.2. The Morgan fingerprint density at radius 2 is 1.95 bits per heavy atom. The fraction of sp³-hybridized carbons (Fsp3) is 0.467. The van der Waals surface area contributed by atoms with Crippen LogP contribution in [-0.4, -0.2) is 25.4 Å². The molecule has 1 aromatic carbocycles. The molecular weight excluding hydrogens is 268 g/mol. The van der Waals surface area contributed by atoms with Gasteiger partial charge in [0.1, 0.15) is 0 Å². The fourth-order valence-corrected chi connectivity index (χ4v) is 1.69. The molecule has 0 aliphatic rings. The van der Waals surface area contributed by atoms with E-state index in [4.69, 9.17) is 20.9 Å². The molecule has 6 nitrogen and oxygen atoms in total. The van der Waals surface area contributed by atoms with Crippen LogP contribution in [0.25, 0.3) is 0 Å². The summed E-state index contributed by atoms with van der Waals surface area (Å²) in [6, 6.07) is 5.60. The van der Waals surface area contributed by atoms with Gasteiger partial charge in [-0.2, -0.15) is 5.10 Å². The lowest BCUT2D eigenvalue weighted by Gasteiger charge is -2.12. The molecule has 0 unspecified atom stereocenters. The topological polar surface area (TPSA) is 95.2 Å². The molecule has 116 valence electrons. The summed E-state index contributed by atoms with van der Waals surface area (Å²) < 4.78 is 11.3. The van der Waals surface area contributed by atoms with Crippen molar-refractivity contribution in [1.29, 1.82) is 0 Å². The fourth-order valence-electron chi connectivity index (χ4n) is 1.69. The number of benzene rings is 1. The maximum atomic E-state index is 5.75. The van der Waals surface area contributed by atoms with Crippen molar-refractivity contribution in [3.63, 3.8) is 0 Å². The highest BCUT2D eigenvalue weighted by Gasteiger charge is 2.05. The standard InChI is InChI=1S/C15H24N4O2/c1-3-5-6-9-21-13-8-7-12(10-14(13)20-4-2)11-18-19-15(16)17/h7-8,10-11H,3-6,9H2,1-2H3,(H4,16,17,19)/b18-11-. The summed E-state index contributed by atoms with van der Waals surface area (Å²) in [5, 5.41) is 7.33. The average Bonchev–Trinajstić information content (AvgIpc) is 2.45. The Morgan fingerprint density at radius 1 is 1.14 bits per heavy atom. The van der Waals surface area contributed by atoms with E-state index in [1.807, 2.05) is 25.1 Å². The van der Waals surface area contributed by atoms with Crippen molar-refractivity contribution in [3.8, 4) is 11.5 Å². The second-order valence-electron chi connectivity index (χ2n) is 4.46. The first-order valence-electron chi connectivity index (χ1n) is 7.19. The number of nitrogens with zero attached hydrogens (tertiary/aromatic N) is 2. The summed E-state index contributed by atoms with van der Waals surface area (Å²) in [4.78, 5) is 0. The van der Waals surface area contributed by atoms with Crippen LogP contribution in [0.2, 0.25) is 0 Å². The molecule has 1 aromatic rings. The number of guanidine groups is 1. The summed E-state index contributed by atoms with van der Waals surface area (Å²) in [7, 11) is 0. The third kappa shape index (κ3) is 6.65. The minimum absolute atomic E-state index is 0.0767. The molecule has 0 aromatic heterocycles. The molecule has 0 atom stereocenters. The van der Waals surface area contributed by atoms with E-state index in [9.17, 15) is 0 Å². The highest BCUT2D eigenvalue weighted by molar-refractivity contribution is 5.82. The quantitative estimate of drug-likeness (QED) is 0.316. The molecule has 6 heteroatoms. The van der Waals surface area contributed by atoms with Crippen molar-refractivity contribution in [2.45, 2.75) is 33.1 Å². The summed E-state index contributed by atoms with van der Waals surface area (Å²) >= 11 is 0. The maximum absolute atomic E-state index is 5.75. The molecule has 21 heavy (non-hydrogen) atoms. The molecule has 0 radical (unpaired) electrons. The van der Waals surface area contributed by atoms with Crippen molar-refractivity contribution >= 4 is 12.2 Å². The van der Waals surface area contributed by atoms with E-state index in [1.54, 1.807) is 6.21 Å². The molecule has 4 N–H and O–H groups in total. The lowest BCUT2D eigenvalue weighted by Crippen LogP contribution is -2.21. The van der Waals surface area contributed by atoms with Gasteiger partial charge in [-0.15, -0.1) is 5.10 Å². The van der Waals surface area contributed by atoms with Gasteiger partial charge in [0, 0.05) is 0 Å². The first kappa shape index (κ1) is 16.8. The van der Waals surface area contributed by atoms with Gasteiger partial charge < -0.3 is 20.9 Å². The number of nitrogens with two attached hydrogens (primary N) is 2. The van der Waals surface area contributed by atoms with Gasteiger partial charge in [0.05, 0.1) is 19.4 Å². The molecule has 0 aliphatic heterocycles. The molecule has 0 aliphatic carbocycles. The van der Waals surface area contributed by atoms with E-state index < -0.39 is 0 Å². The Hall–Kier alpha value is -2.24. The van der Waals surface area contributed by atoms with E-state index in [-0.39, 0.29) is 5.96 Å². The third-order valence-corrected chi connectivity index (χ3v) is 2.65. The number of hydrogen-bond donors (Lipinski definition) is 2. The predicted octanol–water partition coefficient (Wildman–Crippen LogP) is 2.26. The summed E-state index contributed by atoms with van der Waals surface area (Å²) in [5.41, 5.74) is 11.3. The van der Waals surface area contributed by atoms with Gasteiger partial charge in [-0.3, -0.25) is 0 Å². The van der Waals surface area contributed by atoms with Gasteiger partial charge >= 0.3 is 0 Å². The summed E-state index contributed by atoms with van der Waals surface area (Å²) in [5.74, 6) is 1.36. The van der Waals surface area contributed by atoms with Crippen LogP contribution in [0.3, 0.4) is 0 Å². The molecule has 0 amide bonds. The smallest absolute Gasteiger partial charge is 0.211 e. The van der Waals surface area contributed by atoms with Crippen LogP contribution in [0.15, 0.2) is 28.4 Å². The Bertz CT molecular complexity index is 483. The first-order valence-corrected chi connectivity index (χ1v) is 7.19. The van der Waals surface area contributed by atoms with E-state index in [0.717, 1.165) is 24.2 Å². The molecule has 1 rings (SSSR count). The highest BCUT2D eigenvalue weighted by atomic mass is 16.5. The summed E-state index contributed by atoms with van der Waals surface area (Å²) in [6.45, 7) is 5.35. The Balaban J connectivity index is 2.76. The molecule has 0 saturated heterocycles. The normalized spacial score (nSPS) is 10.6. The molecule has 0 bridgehead atoms. The SMILES string of the molecule is CCCCCOc1ccc(/C=N\N=C(N)N)cc1OCC. The largest absolute Gasteiger partial charge is 0.490 e. The Morgan fingerprint density at radius 3 is 2.62 bits per heavy atom. The highest BCUT2D eigenvalue weighted by Crippen LogP contribution is 2.28. The van der Waals surface area contributed by atoms with Gasteiger partial charge in [-0.25, -0.2) is 0 Å². The third-order valence-electron chi connectivity index (χ3n) is 2.65. The number of hydrogen-bond acceptors (Lipinski definition) is 4. The summed E-state index contributed by atoms with van der Waals surface area (Å²) in [6.07, 6.45) is 4.92. The zero-order valence-corrected chi connectivity index (χ0v) is 12.7. The van der Waals surface area contributed by atoms with Gasteiger partial charge in [0.25, 0.3) is 0 Å². The molecule has 0 heterocycles. The van der Waals surface area contributed by atoms with Crippen molar-refractivity contribution in [1.82, 2.24) is 0 Å². The zero-order chi connectivity index (χ0) is 15.5. The minimum Gasteiger partial charge on any atom is -0.490 e. The lowest BCUT2D eigenvalue weighted by atomic mass is 10.2. The van der Waals surface area contributed by atoms with E-state index >= 15 is 0 Å². The lowest BCUT2D eigenvalue weighted by molar-refractivity contribution is 0.271. The van der Waals surface area contributed by atoms with E-state index in [0.29, 0.717) is 19.0 Å². The Labute approximate surface area is 125 Å². The van der Waals surface area contributed by atoms with Crippen molar-refractivity contribution in [2.75, 3.05) is 13.2 Å². The second kappa shape index (κ2) is 9.63. The molecule has 0 fully saturated rings. The predicted molar refractivity (Wildman–Crippen MR) is 86.0 cm³/mol. The van der Waals surface area contributed by atoms with Crippen LogP contribution in [0.5, 0.6) is 11.5 Å². The maximum Gasteiger partial charge on any atom is 0.211 e. The second-order valence-corrected chi connectivity index (χ2v) is 4.46. The van der Waals surface area contributed by atoms with E-state index in [1.165, 1.54) is 6.42 Å². The number of unbranched alkanes of at least 4 members (excludes halogenated alkanes) is 2. The van der Waals surface area contributed by atoms with Crippen LogP contribution >= 0.6 is 0 Å². The Kier molecular flexibility index (Phi) is 7.71. The monoisotopic (exact) mass is 292 g/mol. The van der Waals surface area contributed by atoms with Crippen LogP contribution in [-0.2, 0) is 0 Å². The molecular formula is C15H24N4O2. The van der Waals surface area contributed by atoms with Gasteiger partial charge in [0.2, 0.25) is 5.96 Å². The van der Waals surface area contributed by atoms with Gasteiger partial charge in [0.15, 0.2) is 11.5 Å². The van der Waals surface area contributed by atoms with Crippen LogP contribution in [0.1, 0.15) is 38.7 Å². The van der Waals surface area contributed by atoms with E-state index in [2.05, 4.69) is 17.1 Å². The van der Waals surface area contributed by atoms with Crippen molar-refractivity contribution < 1.29 is 9.47 Å². The number of ether oxygens (including phenoxy) is 2. The van der Waals surface area contributed by atoms with Crippen molar-refractivity contribution in [2.24, 2.45) is 21.7 Å². The average molecular weight is 292 g/mol. The van der Waals surface area contributed by atoms with Gasteiger partial charge in [-0.05, 0) is 37.1 Å². The number of rotatable bonds is 9. The molecule has 0 saturated carbocycles. The van der Waals surface area contributed by atoms with Crippen LogP contribution in [0.4, 0.5) is 0 Å².